The van der Waals surface area contributed by atoms with Crippen LogP contribution in [0.3, 0.4) is 0 Å². The predicted molar refractivity (Wildman–Crippen MR) is 84.3 cm³/mol. The van der Waals surface area contributed by atoms with Crippen LogP contribution < -0.4 is 10.5 Å². The van der Waals surface area contributed by atoms with Crippen LogP contribution in [-0.4, -0.2) is 7.11 Å². The molecule has 0 radical (unpaired) electrons. The Morgan fingerprint density at radius 2 is 1.90 bits per heavy atom. The standard InChI is InChI=1S/C17H20ClNO/c1-20-17-11-10-14(18)12-15(17)16(19)9-5-8-13-6-3-2-4-7-13/h2-4,6-7,10-12,16H,5,8-9,19H2,1H3. The third kappa shape index (κ3) is 3.99. The molecule has 0 amide bonds. The summed E-state index contributed by atoms with van der Waals surface area (Å²) in [5.41, 5.74) is 8.59. The molecular weight excluding hydrogens is 270 g/mol. The number of halogens is 1. The fourth-order valence-electron chi connectivity index (χ4n) is 2.32. The van der Waals surface area contributed by atoms with Crippen LogP contribution in [0.5, 0.6) is 5.75 Å². The van der Waals surface area contributed by atoms with Crippen molar-refractivity contribution in [1.29, 1.82) is 0 Å². The van der Waals surface area contributed by atoms with E-state index in [9.17, 15) is 0 Å². The van der Waals surface area contributed by atoms with E-state index in [0.717, 1.165) is 30.6 Å². The molecule has 0 saturated carbocycles. The number of rotatable bonds is 6. The molecule has 2 rings (SSSR count). The highest BCUT2D eigenvalue weighted by Gasteiger charge is 2.12. The summed E-state index contributed by atoms with van der Waals surface area (Å²) in [5, 5.41) is 0.694. The first kappa shape index (κ1) is 14.9. The largest absolute Gasteiger partial charge is 0.496 e. The van der Waals surface area contributed by atoms with Gasteiger partial charge < -0.3 is 10.5 Å². The molecule has 2 aromatic carbocycles. The van der Waals surface area contributed by atoms with Crippen molar-refractivity contribution in [2.45, 2.75) is 25.3 Å². The van der Waals surface area contributed by atoms with Crippen molar-refractivity contribution < 1.29 is 4.74 Å². The van der Waals surface area contributed by atoms with E-state index in [-0.39, 0.29) is 6.04 Å². The molecule has 0 fully saturated rings. The number of hydrogen-bond donors (Lipinski definition) is 1. The third-order valence-electron chi connectivity index (χ3n) is 3.41. The number of aryl methyl sites for hydroxylation is 1. The van der Waals surface area contributed by atoms with Crippen LogP contribution in [0.15, 0.2) is 48.5 Å². The first-order valence-electron chi connectivity index (χ1n) is 6.83. The van der Waals surface area contributed by atoms with Gasteiger partial charge in [-0.25, -0.2) is 0 Å². The topological polar surface area (TPSA) is 35.2 Å². The zero-order valence-electron chi connectivity index (χ0n) is 11.7. The van der Waals surface area contributed by atoms with Crippen molar-refractivity contribution in [2.75, 3.05) is 7.11 Å². The fourth-order valence-corrected chi connectivity index (χ4v) is 2.50. The van der Waals surface area contributed by atoms with Gasteiger partial charge in [0.15, 0.2) is 0 Å². The van der Waals surface area contributed by atoms with Gasteiger partial charge in [-0.1, -0.05) is 41.9 Å². The number of benzene rings is 2. The molecule has 0 aliphatic heterocycles. The number of methoxy groups -OCH3 is 1. The van der Waals surface area contributed by atoms with Gasteiger partial charge in [0.25, 0.3) is 0 Å². The highest BCUT2D eigenvalue weighted by molar-refractivity contribution is 6.30. The van der Waals surface area contributed by atoms with Crippen LogP contribution in [0.2, 0.25) is 5.02 Å². The number of ether oxygens (including phenoxy) is 1. The molecule has 0 saturated heterocycles. The second kappa shape index (κ2) is 7.32. The first-order valence-corrected chi connectivity index (χ1v) is 7.21. The molecule has 0 spiro atoms. The average Bonchev–Trinajstić information content (AvgIpc) is 2.48. The molecule has 2 nitrogen and oxygen atoms in total. The van der Waals surface area contributed by atoms with Gasteiger partial charge in [-0.15, -0.1) is 0 Å². The Morgan fingerprint density at radius 3 is 2.60 bits per heavy atom. The minimum absolute atomic E-state index is 0.0487. The van der Waals surface area contributed by atoms with Crippen LogP contribution in [0.1, 0.15) is 30.0 Å². The lowest BCUT2D eigenvalue weighted by molar-refractivity contribution is 0.403. The zero-order valence-corrected chi connectivity index (χ0v) is 12.4. The molecule has 106 valence electrons. The van der Waals surface area contributed by atoms with Gasteiger partial charge in [0, 0.05) is 16.6 Å². The van der Waals surface area contributed by atoms with Gasteiger partial charge in [0.1, 0.15) is 5.75 Å². The van der Waals surface area contributed by atoms with E-state index < -0.39 is 0 Å². The van der Waals surface area contributed by atoms with Crippen molar-refractivity contribution in [3.8, 4) is 5.75 Å². The molecule has 0 bridgehead atoms. The molecule has 1 unspecified atom stereocenters. The quantitative estimate of drug-likeness (QED) is 0.857. The summed E-state index contributed by atoms with van der Waals surface area (Å²) in [6, 6.07) is 16.0. The van der Waals surface area contributed by atoms with Crippen molar-refractivity contribution in [1.82, 2.24) is 0 Å². The summed E-state index contributed by atoms with van der Waals surface area (Å²) in [5.74, 6) is 0.807. The Morgan fingerprint density at radius 1 is 1.15 bits per heavy atom. The van der Waals surface area contributed by atoms with E-state index in [4.69, 9.17) is 22.1 Å². The number of hydrogen-bond acceptors (Lipinski definition) is 2. The molecule has 1 atom stereocenters. The smallest absolute Gasteiger partial charge is 0.123 e. The Bertz CT molecular complexity index is 542. The summed E-state index contributed by atoms with van der Waals surface area (Å²) >= 11 is 6.04. The Hall–Kier alpha value is -1.51. The maximum atomic E-state index is 6.27. The molecule has 0 aromatic heterocycles. The molecule has 2 aromatic rings. The van der Waals surface area contributed by atoms with E-state index in [0.29, 0.717) is 5.02 Å². The minimum Gasteiger partial charge on any atom is -0.496 e. The van der Waals surface area contributed by atoms with E-state index in [2.05, 4.69) is 24.3 Å². The predicted octanol–water partition coefficient (Wildman–Crippen LogP) is 4.37. The zero-order chi connectivity index (χ0) is 14.4. The van der Waals surface area contributed by atoms with E-state index >= 15 is 0 Å². The fraction of sp³-hybridized carbons (Fsp3) is 0.294. The normalized spacial score (nSPS) is 12.2. The maximum absolute atomic E-state index is 6.27. The molecule has 0 aliphatic carbocycles. The Kier molecular flexibility index (Phi) is 5.45. The van der Waals surface area contributed by atoms with Gasteiger partial charge in [0.05, 0.1) is 7.11 Å². The van der Waals surface area contributed by atoms with Crippen LogP contribution in [-0.2, 0) is 6.42 Å². The molecule has 0 aliphatic rings. The lowest BCUT2D eigenvalue weighted by Crippen LogP contribution is -2.12. The molecule has 0 heterocycles. The van der Waals surface area contributed by atoms with E-state index in [1.54, 1.807) is 7.11 Å². The van der Waals surface area contributed by atoms with E-state index in [1.807, 2.05) is 24.3 Å². The first-order chi connectivity index (χ1) is 9.70. The maximum Gasteiger partial charge on any atom is 0.123 e. The summed E-state index contributed by atoms with van der Waals surface area (Å²) in [4.78, 5) is 0. The van der Waals surface area contributed by atoms with Crippen LogP contribution >= 0.6 is 11.6 Å². The molecule has 20 heavy (non-hydrogen) atoms. The van der Waals surface area contributed by atoms with Crippen molar-refractivity contribution in [3.63, 3.8) is 0 Å². The van der Waals surface area contributed by atoms with Gasteiger partial charge in [-0.3, -0.25) is 0 Å². The van der Waals surface area contributed by atoms with Crippen LogP contribution in [0.4, 0.5) is 0 Å². The molecule has 2 N–H and O–H groups in total. The highest BCUT2D eigenvalue weighted by Crippen LogP contribution is 2.29. The Labute approximate surface area is 125 Å². The third-order valence-corrected chi connectivity index (χ3v) is 3.65. The molecular formula is C17H20ClNO. The molecule has 3 heteroatoms. The summed E-state index contributed by atoms with van der Waals surface area (Å²) in [6.07, 6.45) is 2.99. The van der Waals surface area contributed by atoms with Crippen molar-refractivity contribution >= 4 is 11.6 Å². The van der Waals surface area contributed by atoms with Crippen molar-refractivity contribution in [3.05, 3.63) is 64.7 Å². The number of nitrogens with two attached hydrogens (primary N) is 1. The average molecular weight is 290 g/mol. The second-order valence-corrected chi connectivity index (χ2v) is 5.31. The summed E-state index contributed by atoms with van der Waals surface area (Å²) < 4.78 is 5.35. The van der Waals surface area contributed by atoms with Crippen LogP contribution in [0.25, 0.3) is 0 Å². The van der Waals surface area contributed by atoms with Gasteiger partial charge in [-0.05, 0) is 43.0 Å². The van der Waals surface area contributed by atoms with Crippen molar-refractivity contribution in [2.24, 2.45) is 5.73 Å². The van der Waals surface area contributed by atoms with Gasteiger partial charge in [0.2, 0.25) is 0 Å². The lowest BCUT2D eigenvalue weighted by Gasteiger charge is -2.16. The summed E-state index contributed by atoms with van der Waals surface area (Å²) in [7, 11) is 1.66. The lowest BCUT2D eigenvalue weighted by atomic mass is 9.99. The Balaban J connectivity index is 1.95. The van der Waals surface area contributed by atoms with Gasteiger partial charge >= 0.3 is 0 Å². The minimum atomic E-state index is -0.0487. The highest BCUT2D eigenvalue weighted by atomic mass is 35.5. The summed E-state index contributed by atoms with van der Waals surface area (Å²) in [6.45, 7) is 0. The van der Waals surface area contributed by atoms with Gasteiger partial charge in [-0.2, -0.15) is 0 Å². The monoisotopic (exact) mass is 289 g/mol. The van der Waals surface area contributed by atoms with Crippen LogP contribution in [0, 0.1) is 0 Å². The second-order valence-electron chi connectivity index (χ2n) is 4.87. The SMILES string of the molecule is COc1ccc(Cl)cc1C(N)CCCc1ccccc1. The van der Waals surface area contributed by atoms with E-state index in [1.165, 1.54) is 5.56 Å².